The average molecular weight is 663 g/mol. The van der Waals surface area contributed by atoms with E-state index in [2.05, 4.69) is 170 Å². The van der Waals surface area contributed by atoms with Crippen LogP contribution in [0.3, 0.4) is 0 Å². The Morgan fingerprint density at radius 1 is 0.269 bits per heavy atom. The van der Waals surface area contributed by atoms with E-state index in [9.17, 15) is 0 Å². The zero-order valence-electron chi connectivity index (χ0n) is 28.1. The van der Waals surface area contributed by atoms with Crippen LogP contribution in [0.25, 0.3) is 110 Å². The molecule has 2 nitrogen and oxygen atoms in total. The third kappa shape index (κ3) is 4.25. The molecule has 2 heteroatoms. The number of furan rings is 2. The fourth-order valence-corrected chi connectivity index (χ4v) is 8.47. The Morgan fingerprint density at radius 3 is 1.40 bits per heavy atom. The van der Waals surface area contributed by atoms with Crippen LogP contribution in [-0.4, -0.2) is 0 Å². The molecule has 0 bridgehead atoms. The van der Waals surface area contributed by atoms with E-state index in [1.807, 2.05) is 12.1 Å². The van der Waals surface area contributed by atoms with Crippen LogP contribution in [0.2, 0.25) is 0 Å². The van der Waals surface area contributed by atoms with Crippen molar-refractivity contribution in [3.8, 4) is 44.5 Å². The summed E-state index contributed by atoms with van der Waals surface area (Å²) in [6.07, 6.45) is 0. The van der Waals surface area contributed by atoms with Crippen molar-refractivity contribution in [3.05, 3.63) is 182 Å². The van der Waals surface area contributed by atoms with Crippen LogP contribution in [0, 0.1) is 0 Å². The molecule has 2 heterocycles. The molecule has 52 heavy (non-hydrogen) atoms. The first-order valence-corrected chi connectivity index (χ1v) is 17.8. The van der Waals surface area contributed by atoms with Gasteiger partial charge in [0.25, 0.3) is 0 Å². The van der Waals surface area contributed by atoms with Gasteiger partial charge in [0.15, 0.2) is 0 Å². The number of hydrogen-bond acceptors (Lipinski definition) is 2. The molecule has 0 atom stereocenters. The molecule has 242 valence electrons. The number of fused-ring (bicyclic) bond motifs is 8. The zero-order valence-corrected chi connectivity index (χ0v) is 28.1. The molecule has 0 aliphatic rings. The molecule has 0 spiro atoms. The number of rotatable bonds is 4. The first kappa shape index (κ1) is 28.9. The molecule has 2 aromatic heterocycles. The van der Waals surface area contributed by atoms with Crippen molar-refractivity contribution in [2.24, 2.45) is 0 Å². The first-order chi connectivity index (χ1) is 25.8. The second kappa shape index (κ2) is 11.3. The van der Waals surface area contributed by atoms with E-state index < -0.39 is 0 Å². The molecule has 0 unspecified atom stereocenters. The molecule has 0 saturated heterocycles. The minimum absolute atomic E-state index is 0.881. The van der Waals surface area contributed by atoms with Crippen LogP contribution in [0.1, 0.15) is 0 Å². The lowest BCUT2D eigenvalue weighted by molar-refractivity contribution is 0.669. The quantitative estimate of drug-likeness (QED) is 0.175. The number of benzene rings is 9. The van der Waals surface area contributed by atoms with Crippen LogP contribution >= 0.6 is 0 Å². The lowest BCUT2D eigenvalue weighted by Crippen LogP contribution is -1.91. The Morgan fingerprint density at radius 2 is 0.731 bits per heavy atom. The normalized spacial score (nSPS) is 11.8. The van der Waals surface area contributed by atoms with Gasteiger partial charge in [-0.25, -0.2) is 0 Å². The van der Waals surface area contributed by atoms with E-state index >= 15 is 0 Å². The second-order valence-corrected chi connectivity index (χ2v) is 13.5. The van der Waals surface area contributed by atoms with Crippen LogP contribution in [0.15, 0.2) is 191 Å². The number of hydrogen-bond donors (Lipinski definition) is 0. The molecule has 9 aromatic carbocycles. The zero-order chi connectivity index (χ0) is 34.2. The summed E-state index contributed by atoms with van der Waals surface area (Å²) >= 11 is 0. The third-order valence-corrected chi connectivity index (χ3v) is 10.7. The smallest absolute Gasteiger partial charge is 0.143 e. The lowest BCUT2D eigenvalue weighted by Gasteiger charge is -2.18. The molecular formula is C50H30O2. The van der Waals surface area contributed by atoms with Crippen molar-refractivity contribution in [1.82, 2.24) is 0 Å². The summed E-state index contributed by atoms with van der Waals surface area (Å²) < 4.78 is 13.2. The molecule has 0 saturated carbocycles. The maximum absolute atomic E-state index is 6.91. The van der Waals surface area contributed by atoms with Crippen molar-refractivity contribution >= 4 is 65.4 Å². The first-order valence-electron chi connectivity index (χ1n) is 17.8. The van der Waals surface area contributed by atoms with Crippen LogP contribution in [0.4, 0.5) is 0 Å². The highest BCUT2D eigenvalue weighted by Gasteiger charge is 2.22. The molecule has 0 aliphatic carbocycles. The highest BCUT2D eigenvalue weighted by Crippen LogP contribution is 2.48. The minimum Gasteiger partial charge on any atom is -0.456 e. The Bertz CT molecular complexity index is 3120. The SMILES string of the molecule is c1ccc(-c2c3ccccc3c(-c3ccc(-c4cccc(-c5cccc6oc7ccccc7c56)c4)c4c3oc3ccccc34)c3ccccc23)cc1. The Hall–Kier alpha value is -6.90. The molecular weight excluding hydrogens is 633 g/mol. The summed E-state index contributed by atoms with van der Waals surface area (Å²) in [7, 11) is 0. The van der Waals surface area contributed by atoms with Crippen molar-refractivity contribution < 1.29 is 8.83 Å². The topological polar surface area (TPSA) is 26.3 Å². The van der Waals surface area contributed by atoms with Gasteiger partial charge in [-0.3, -0.25) is 0 Å². The van der Waals surface area contributed by atoms with Crippen molar-refractivity contribution in [1.29, 1.82) is 0 Å². The minimum atomic E-state index is 0.881. The monoisotopic (exact) mass is 662 g/mol. The van der Waals surface area contributed by atoms with Gasteiger partial charge >= 0.3 is 0 Å². The maximum atomic E-state index is 6.91. The van der Waals surface area contributed by atoms with E-state index in [1.54, 1.807) is 0 Å². The largest absolute Gasteiger partial charge is 0.456 e. The van der Waals surface area contributed by atoms with Gasteiger partial charge in [-0.2, -0.15) is 0 Å². The van der Waals surface area contributed by atoms with Crippen molar-refractivity contribution in [2.75, 3.05) is 0 Å². The molecule has 11 aromatic rings. The van der Waals surface area contributed by atoms with Gasteiger partial charge in [-0.15, -0.1) is 0 Å². The van der Waals surface area contributed by atoms with Crippen molar-refractivity contribution in [3.63, 3.8) is 0 Å². The van der Waals surface area contributed by atoms with Gasteiger partial charge in [0.1, 0.15) is 22.3 Å². The van der Waals surface area contributed by atoms with Gasteiger partial charge in [0.2, 0.25) is 0 Å². The van der Waals surface area contributed by atoms with Crippen LogP contribution < -0.4 is 0 Å². The Balaban J connectivity index is 1.19. The summed E-state index contributed by atoms with van der Waals surface area (Å²) in [4.78, 5) is 0. The standard InChI is InChI=1S/C50H30O2/c1-2-14-31(15-3-1)46-36-18-4-6-20-38(36)47(39-21-7-5-19-37(39)46)42-29-28-35(49-41-23-9-11-26-44(41)52-50(42)49)33-17-12-16-32(30-33)34-24-13-27-45-48(34)40-22-8-10-25-43(40)51-45/h1-30H. The number of para-hydroxylation sites is 2. The summed E-state index contributed by atoms with van der Waals surface area (Å²) in [5.74, 6) is 0. The second-order valence-electron chi connectivity index (χ2n) is 13.5. The van der Waals surface area contributed by atoms with E-state index in [1.165, 1.54) is 38.2 Å². The van der Waals surface area contributed by atoms with E-state index in [0.717, 1.165) is 71.7 Å². The van der Waals surface area contributed by atoms with Gasteiger partial charge in [0.05, 0.1) is 0 Å². The molecule has 0 fully saturated rings. The summed E-state index contributed by atoms with van der Waals surface area (Å²) in [5, 5.41) is 9.36. The van der Waals surface area contributed by atoms with Gasteiger partial charge < -0.3 is 8.83 Å². The molecule has 0 radical (unpaired) electrons. The van der Waals surface area contributed by atoms with Gasteiger partial charge in [0, 0.05) is 32.7 Å². The molecule has 0 N–H and O–H groups in total. The predicted molar refractivity (Wildman–Crippen MR) is 218 cm³/mol. The summed E-state index contributed by atoms with van der Waals surface area (Å²) in [6.45, 7) is 0. The predicted octanol–water partition coefficient (Wildman–Crippen LogP) is 14.5. The summed E-state index contributed by atoms with van der Waals surface area (Å²) in [6, 6.07) is 64.9. The Kier molecular flexibility index (Phi) is 6.28. The van der Waals surface area contributed by atoms with Crippen LogP contribution in [0.5, 0.6) is 0 Å². The lowest BCUT2D eigenvalue weighted by atomic mass is 9.85. The average Bonchev–Trinajstić information content (AvgIpc) is 3.79. The van der Waals surface area contributed by atoms with E-state index in [-0.39, 0.29) is 0 Å². The van der Waals surface area contributed by atoms with E-state index in [0.29, 0.717) is 0 Å². The maximum Gasteiger partial charge on any atom is 0.143 e. The fraction of sp³-hybridized carbons (Fsp3) is 0. The third-order valence-electron chi connectivity index (χ3n) is 10.7. The van der Waals surface area contributed by atoms with Gasteiger partial charge in [-0.05, 0) is 85.3 Å². The van der Waals surface area contributed by atoms with E-state index in [4.69, 9.17) is 8.83 Å². The van der Waals surface area contributed by atoms with Crippen LogP contribution in [-0.2, 0) is 0 Å². The molecule has 0 amide bonds. The highest BCUT2D eigenvalue weighted by molar-refractivity contribution is 6.25. The van der Waals surface area contributed by atoms with Crippen molar-refractivity contribution in [2.45, 2.75) is 0 Å². The Labute approximate surface area is 299 Å². The van der Waals surface area contributed by atoms with Gasteiger partial charge in [-0.1, -0.05) is 152 Å². The summed E-state index contributed by atoms with van der Waals surface area (Å²) in [5.41, 5.74) is 12.9. The highest BCUT2D eigenvalue weighted by atomic mass is 16.3. The molecule has 11 rings (SSSR count). The molecule has 0 aliphatic heterocycles. The fourth-order valence-electron chi connectivity index (χ4n) is 8.47.